The van der Waals surface area contributed by atoms with Crippen LogP contribution in [0.5, 0.6) is 0 Å². The smallest absolute Gasteiger partial charge is 0.129 e. The van der Waals surface area contributed by atoms with E-state index < -0.39 is 0 Å². The van der Waals surface area contributed by atoms with Gasteiger partial charge in [-0.25, -0.2) is 4.98 Å². The lowest BCUT2D eigenvalue weighted by molar-refractivity contribution is 0.796. The summed E-state index contributed by atoms with van der Waals surface area (Å²) in [6.07, 6.45) is 4.36. The van der Waals surface area contributed by atoms with Gasteiger partial charge in [-0.3, -0.25) is 4.99 Å². The van der Waals surface area contributed by atoms with Gasteiger partial charge in [0.2, 0.25) is 0 Å². The first kappa shape index (κ1) is 8.24. The molecule has 0 N–H and O–H groups in total. The van der Waals surface area contributed by atoms with Gasteiger partial charge in [-0.1, -0.05) is 11.6 Å². The predicted molar refractivity (Wildman–Crippen MR) is 57.2 cm³/mol. The molecule has 3 nitrogen and oxygen atoms in total. The van der Waals surface area contributed by atoms with Gasteiger partial charge in [-0.15, -0.1) is 0 Å². The molecule has 14 heavy (non-hydrogen) atoms. The molecular formula is C10H10ClN3. The summed E-state index contributed by atoms with van der Waals surface area (Å²) in [5, 5.41) is 0.535. The molecule has 1 saturated carbocycles. The first-order valence-electron chi connectivity index (χ1n) is 4.77. The van der Waals surface area contributed by atoms with E-state index in [1.54, 1.807) is 6.21 Å². The maximum atomic E-state index is 5.83. The highest BCUT2D eigenvalue weighted by Gasteiger charge is 2.31. The molecule has 0 radical (unpaired) electrons. The number of anilines is 1. The normalized spacial score (nSPS) is 19.6. The lowest BCUT2D eigenvalue weighted by Gasteiger charge is -2.26. The predicted octanol–water partition coefficient (Wildman–Crippen LogP) is 2.09. The second kappa shape index (κ2) is 2.95. The number of hydrogen-bond donors (Lipinski definition) is 0. The number of aromatic nitrogens is 1. The Kier molecular flexibility index (Phi) is 1.74. The van der Waals surface area contributed by atoms with Crippen LogP contribution in [0.4, 0.5) is 5.69 Å². The molecule has 1 aromatic heterocycles. The summed E-state index contributed by atoms with van der Waals surface area (Å²) >= 11 is 5.83. The van der Waals surface area contributed by atoms with E-state index in [9.17, 15) is 0 Å². The van der Waals surface area contributed by atoms with E-state index in [1.165, 1.54) is 18.5 Å². The van der Waals surface area contributed by atoms with Crippen LogP contribution in [0.1, 0.15) is 18.5 Å². The lowest BCUT2D eigenvalue weighted by Crippen LogP contribution is -2.29. The molecule has 0 spiro atoms. The fourth-order valence-electron chi connectivity index (χ4n) is 1.77. The molecule has 0 aromatic carbocycles. The Balaban J connectivity index is 2.06. The number of nitrogens with zero attached hydrogens (tertiary/aromatic N) is 3. The molecule has 4 heteroatoms. The number of rotatable bonds is 1. The first-order valence-corrected chi connectivity index (χ1v) is 5.15. The van der Waals surface area contributed by atoms with Crippen molar-refractivity contribution < 1.29 is 0 Å². The Hall–Kier alpha value is -1.09. The summed E-state index contributed by atoms with van der Waals surface area (Å²) < 4.78 is 0. The fraction of sp³-hybridized carbons (Fsp3) is 0.400. The number of pyridine rings is 1. The summed E-state index contributed by atoms with van der Waals surface area (Å²) in [6, 6.07) is 4.55. The van der Waals surface area contributed by atoms with Crippen LogP contribution >= 0.6 is 11.6 Å². The van der Waals surface area contributed by atoms with Crippen molar-refractivity contribution in [3.8, 4) is 0 Å². The van der Waals surface area contributed by atoms with Gasteiger partial charge >= 0.3 is 0 Å². The molecule has 1 aliphatic carbocycles. The van der Waals surface area contributed by atoms with Crippen LogP contribution in [0.15, 0.2) is 17.1 Å². The number of hydrogen-bond acceptors (Lipinski definition) is 3. The average Bonchev–Trinajstić information content (AvgIpc) is 2.99. The highest BCUT2D eigenvalue weighted by Crippen LogP contribution is 2.34. The van der Waals surface area contributed by atoms with E-state index in [0.29, 0.717) is 11.2 Å². The lowest BCUT2D eigenvalue weighted by atomic mass is 10.2. The standard InChI is InChI=1S/C10H10ClN3/c11-10-4-3-9-8(13-10)5-12-6-14(9)7-1-2-7/h3-5,7H,1-2,6H2. The van der Waals surface area contributed by atoms with Crippen LogP contribution in [0.25, 0.3) is 0 Å². The zero-order chi connectivity index (χ0) is 9.54. The Morgan fingerprint density at radius 2 is 2.21 bits per heavy atom. The maximum Gasteiger partial charge on any atom is 0.129 e. The topological polar surface area (TPSA) is 28.5 Å². The van der Waals surface area contributed by atoms with E-state index in [1.807, 2.05) is 12.1 Å². The minimum absolute atomic E-state index is 0.535. The van der Waals surface area contributed by atoms with Gasteiger partial charge in [0, 0.05) is 6.04 Å². The second-order valence-electron chi connectivity index (χ2n) is 3.69. The summed E-state index contributed by atoms with van der Waals surface area (Å²) in [5.74, 6) is 0. The molecule has 72 valence electrons. The minimum atomic E-state index is 0.535. The third-order valence-corrected chi connectivity index (χ3v) is 2.82. The van der Waals surface area contributed by atoms with Crippen molar-refractivity contribution in [3.05, 3.63) is 23.0 Å². The molecule has 2 heterocycles. The van der Waals surface area contributed by atoms with E-state index >= 15 is 0 Å². The minimum Gasteiger partial charge on any atom is -0.347 e. The van der Waals surface area contributed by atoms with E-state index in [0.717, 1.165) is 12.4 Å². The number of aliphatic imine (C=N–C) groups is 1. The van der Waals surface area contributed by atoms with Gasteiger partial charge in [0.15, 0.2) is 0 Å². The number of halogens is 1. The van der Waals surface area contributed by atoms with Crippen LogP contribution in [-0.2, 0) is 0 Å². The Bertz CT molecular complexity index is 398. The van der Waals surface area contributed by atoms with Gasteiger partial charge in [-0.05, 0) is 25.0 Å². The van der Waals surface area contributed by atoms with Gasteiger partial charge in [-0.2, -0.15) is 0 Å². The molecule has 3 rings (SSSR count). The van der Waals surface area contributed by atoms with E-state index in [4.69, 9.17) is 11.6 Å². The summed E-state index contributed by atoms with van der Waals surface area (Å²) in [6.45, 7) is 0.765. The highest BCUT2D eigenvalue weighted by atomic mass is 35.5. The molecule has 1 aromatic rings. The summed E-state index contributed by atoms with van der Waals surface area (Å²) in [4.78, 5) is 10.8. The van der Waals surface area contributed by atoms with Crippen LogP contribution in [-0.4, -0.2) is 23.9 Å². The van der Waals surface area contributed by atoms with Crippen LogP contribution < -0.4 is 4.90 Å². The van der Waals surface area contributed by atoms with Gasteiger partial charge in [0.1, 0.15) is 17.5 Å². The van der Waals surface area contributed by atoms with Gasteiger partial charge in [0.25, 0.3) is 0 Å². The van der Waals surface area contributed by atoms with Crippen LogP contribution in [0, 0.1) is 0 Å². The van der Waals surface area contributed by atoms with Crippen molar-refractivity contribution in [1.82, 2.24) is 4.98 Å². The highest BCUT2D eigenvalue weighted by molar-refractivity contribution is 6.29. The Morgan fingerprint density at radius 1 is 1.36 bits per heavy atom. The monoisotopic (exact) mass is 207 g/mol. The van der Waals surface area contributed by atoms with Crippen molar-refractivity contribution in [2.45, 2.75) is 18.9 Å². The Labute approximate surface area is 87.4 Å². The molecular weight excluding hydrogens is 198 g/mol. The van der Waals surface area contributed by atoms with E-state index in [2.05, 4.69) is 14.9 Å². The average molecular weight is 208 g/mol. The molecule has 0 bridgehead atoms. The third kappa shape index (κ3) is 1.28. The summed E-state index contributed by atoms with van der Waals surface area (Å²) in [5.41, 5.74) is 2.07. The van der Waals surface area contributed by atoms with Crippen molar-refractivity contribution in [1.29, 1.82) is 0 Å². The van der Waals surface area contributed by atoms with Crippen molar-refractivity contribution in [2.75, 3.05) is 11.6 Å². The van der Waals surface area contributed by atoms with Crippen molar-refractivity contribution >= 4 is 23.5 Å². The molecule has 0 atom stereocenters. The van der Waals surface area contributed by atoms with Crippen molar-refractivity contribution in [2.24, 2.45) is 4.99 Å². The Morgan fingerprint density at radius 3 is 3.00 bits per heavy atom. The van der Waals surface area contributed by atoms with Crippen LogP contribution in [0.3, 0.4) is 0 Å². The molecule has 0 saturated heterocycles. The zero-order valence-electron chi connectivity index (χ0n) is 7.65. The SMILES string of the molecule is Clc1ccc2c(n1)C=NCN2C1CC1. The van der Waals surface area contributed by atoms with Gasteiger partial charge < -0.3 is 4.90 Å². The fourth-order valence-corrected chi connectivity index (χ4v) is 1.92. The quantitative estimate of drug-likeness (QED) is 0.660. The largest absolute Gasteiger partial charge is 0.347 e. The molecule has 1 fully saturated rings. The molecule has 2 aliphatic rings. The summed E-state index contributed by atoms with van der Waals surface area (Å²) in [7, 11) is 0. The van der Waals surface area contributed by atoms with Gasteiger partial charge in [0.05, 0.1) is 11.9 Å². The molecule has 0 unspecified atom stereocenters. The van der Waals surface area contributed by atoms with E-state index in [-0.39, 0.29) is 0 Å². The molecule has 1 aliphatic heterocycles. The third-order valence-electron chi connectivity index (χ3n) is 2.61. The molecule has 0 amide bonds. The van der Waals surface area contributed by atoms with Crippen molar-refractivity contribution in [3.63, 3.8) is 0 Å². The maximum absolute atomic E-state index is 5.83. The number of fused-ring (bicyclic) bond motifs is 1. The first-order chi connectivity index (χ1) is 6.84. The zero-order valence-corrected chi connectivity index (χ0v) is 8.41. The second-order valence-corrected chi connectivity index (χ2v) is 4.08. The van der Waals surface area contributed by atoms with Crippen LogP contribution in [0.2, 0.25) is 5.15 Å².